The number of ether oxygens (including phenoxy) is 1. The van der Waals surface area contributed by atoms with Crippen molar-refractivity contribution in [1.82, 2.24) is 4.98 Å². The molecule has 164 valence electrons. The number of amides is 1. The van der Waals surface area contributed by atoms with Crippen molar-refractivity contribution in [2.75, 3.05) is 23.3 Å². The fourth-order valence-corrected chi connectivity index (χ4v) is 4.54. The van der Waals surface area contributed by atoms with Crippen LogP contribution in [0.25, 0.3) is 0 Å². The highest BCUT2D eigenvalue weighted by Crippen LogP contribution is 2.33. The molecule has 2 N–H and O–H groups in total. The number of pyridine rings is 1. The summed E-state index contributed by atoms with van der Waals surface area (Å²) in [6.45, 7) is 9.72. The fourth-order valence-electron chi connectivity index (χ4n) is 4.54. The van der Waals surface area contributed by atoms with E-state index in [-0.39, 0.29) is 29.0 Å². The van der Waals surface area contributed by atoms with E-state index < -0.39 is 11.5 Å². The Morgan fingerprint density at radius 2 is 1.74 bits per heavy atom. The van der Waals surface area contributed by atoms with E-state index in [0.29, 0.717) is 29.8 Å². The highest BCUT2D eigenvalue weighted by molar-refractivity contribution is 6.06. The number of ketones is 1. The Hall–Kier alpha value is -2.93. The smallest absolute Gasteiger partial charge is 0.261 e. The van der Waals surface area contributed by atoms with Gasteiger partial charge in [-0.15, -0.1) is 0 Å². The van der Waals surface area contributed by atoms with Crippen molar-refractivity contribution in [1.29, 1.82) is 0 Å². The maximum Gasteiger partial charge on any atom is 0.261 e. The van der Waals surface area contributed by atoms with Gasteiger partial charge in [-0.1, -0.05) is 13.8 Å². The van der Waals surface area contributed by atoms with Crippen LogP contribution in [0.1, 0.15) is 60.5 Å². The Labute approximate surface area is 181 Å². The Morgan fingerprint density at radius 1 is 1.10 bits per heavy atom. The van der Waals surface area contributed by atoms with Gasteiger partial charge in [0, 0.05) is 42.1 Å². The van der Waals surface area contributed by atoms with Gasteiger partial charge in [0.2, 0.25) is 0 Å². The molecule has 0 spiro atoms. The van der Waals surface area contributed by atoms with E-state index >= 15 is 0 Å². The number of carbonyl (C=O) groups is 2. The average Bonchev–Trinajstić information content (AvgIpc) is 2.66. The minimum Gasteiger partial charge on any atom is -0.372 e. The molecule has 1 fully saturated rings. The van der Waals surface area contributed by atoms with Crippen LogP contribution in [0.3, 0.4) is 0 Å². The average molecular weight is 424 g/mol. The zero-order valence-electron chi connectivity index (χ0n) is 18.5. The molecule has 2 atom stereocenters. The van der Waals surface area contributed by atoms with E-state index in [0.717, 1.165) is 18.8 Å². The van der Waals surface area contributed by atoms with E-state index in [4.69, 9.17) is 4.74 Å². The maximum absolute atomic E-state index is 12.8. The molecule has 1 aromatic heterocycles. The summed E-state index contributed by atoms with van der Waals surface area (Å²) in [5.74, 6) is -0.571. The zero-order valence-corrected chi connectivity index (χ0v) is 18.5. The SMILES string of the molecule is CC1CN(c2ccc(NC(=O)c3cc4c([nH]c3=O)CC(C)(C)CC4=O)cc2)CC(C)O1. The predicted octanol–water partition coefficient (Wildman–Crippen LogP) is 3.40. The predicted molar refractivity (Wildman–Crippen MR) is 120 cm³/mol. The second-order valence-electron chi connectivity index (χ2n) is 9.51. The number of hydrogen-bond donors (Lipinski definition) is 2. The van der Waals surface area contributed by atoms with Gasteiger partial charge in [-0.05, 0) is 56.0 Å². The third kappa shape index (κ3) is 4.56. The van der Waals surface area contributed by atoms with Crippen LogP contribution in [-0.2, 0) is 11.2 Å². The number of rotatable bonds is 3. The van der Waals surface area contributed by atoms with Crippen molar-refractivity contribution in [2.24, 2.45) is 5.41 Å². The number of aromatic amines is 1. The van der Waals surface area contributed by atoms with Gasteiger partial charge in [0.05, 0.1) is 12.2 Å². The first kappa shape index (κ1) is 21.3. The standard InChI is InChI=1S/C24H29N3O4/c1-14-12-27(13-15(2)31-14)17-7-5-16(6-8-17)25-22(29)19-9-18-20(26-23(19)30)10-24(3,4)11-21(18)28/h5-9,14-15H,10-13H2,1-4H3,(H,25,29)(H,26,30). The van der Waals surface area contributed by atoms with Gasteiger partial charge in [-0.25, -0.2) is 0 Å². The number of aromatic nitrogens is 1. The molecule has 1 aliphatic heterocycles. The Balaban J connectivity index is 1.51. The summed E-state index contributed by atoms with van der Waals surface area (Å²) in [6.07, 6.45) is 1.32. The number of Topliss-reactive ketones (excluding diaryl/α,β-unsaturated/α-hetero) is 1. The molecule has 0 radical (unpaired) electrons. The second-order valence-corrected chi connectivity index (χ2v) is 9.51. The Bertz CT molecular complexity index is 1060. The molecular weight excluding hydrogens is 394 g/mol. The van der Waals surface area contributed by atoms with E-state index in [1.165, 1.54) is 6.07 Å². The van der Waals surface area contributed by atoms with E-state index in [9.17, 15) is 14.4 Å². The molecule has 0 bridgehead atoms. The lowest BCUT2D eigenvalue weighted by atomic mass is 9.75. The summed E-state index contributed by atoms with van der Waals surface area (Å²) in [6, 6.07) is 8.97. The van der Waals surface area contributed by atoms with Gasteiger partial charge in [-0.3, -0.25) is 14.4 Å². The summed E-state index contributed by atoms with van der Waals surface area (Å²) in [4.78, 5) is 42.8. The Kier molecular flexibility index (Phi) is 5.47. The number of H-pyrrole nitrogens is 1. The van der Waals surface area contributed by atoms with Crippen LogP contribution >= 0.6 is 0 Å². The molecule has 7 heteroatoms. The van der Waals surface area contributed by atoms with Crippen LogP contribution in [0, 0.1) is 5.41 Å². The molecule has 2 aromatic rings. The molecule has 0 saturated carbocycles. The van der Waals surface area contributed by atoms with Crippen LogP contribution < -0.4 is 15.8 Å². The van der Waals surface area contributed by atoms with Crippen molar-refractivity contribution in [2.45, 2.75) is 52.7 Å². The van der Waals surface area contributed by atoms with Crippen LogP contribution in [0.15, 0.2) is 35.1 Å². The van der Waals surface area contributed by atoms with Crippen LogP contribution in [0.5, 0.6) is 0 Å². The summed E-state index contributed by atoms with van der Waals surface area (Å²) < 4.78 is 5.78. The number of hydrogen-bond acceptors (Lipinski definition) is 5. The molecule has 1 aromatic carbocycles. The van der Waals surface area contributed by atoms with Crippen molar-refractivity contribution in [3.63, 3.8) is 0 Å². The first-order chi connectivity index (χ1) is 14.6. The summed E-state index contributed by atoms with van der Waals surface area (Å²) in [5, 5.41) is 2.77. The lowest BCUT2D eigenvalue weighted by molar-refractivity contribution is -0.00521. The third-order valence-corrected chi connectivity index (χ3v) is 5.87. The molecular formula is C24H29N3O4. The Morgan fingerprint density at radius 3 is 2.39 bits per heavy atom. The molecule has 2 unspecified atom stereocenters. The van der Waals surface area contributed by atoms with Gasteiger partial charge in [-0.2, -0.15) is 0 Å². The number of nitrogens with one attached hydrogen (secondary N) is 2. The number of nitrogens with zero attached hydrogens (tertiary/aromatic N) is 1. The lowest BCUT2D eigenvalue weighted by Crippen LogP contribution is -2.45. The van der Waals surface area contributed by atoms with Crippen molar-refractivity contribution >= 4 is 23.1 Å². The third-order valence-electron chi connectivity index (χ3n) is 5.87. The quantitative estimate of drug-likeness (QED) is 0.790. The molecule has 1 aliphatic carbocycles. The van der Waals surface area contributed by atoms with Crippen molar-refractivity contribution < 1.29 is 14.3 Å². The highest BCUT2D eigenvalue weighted by Gasteiger charge is 2.32. The van der Waals surface area contributed by atoms with Crippen LogP contribution in [0.4, 0.5) is 11.4 Å². The van der Waals surface area contributed by atoms with E-state index in [1.54, 1.807) is 0 Å². The van der Waals surface area contributed by atoms with Crippen molar-refractivity contribution in [3.8, 4) is 0 Å². The minimum atomic E-state index is -0.525. The molecule has 1 saturated heterocycles. The largest absolute Gasteiger partial charge is 0.372 e. The van der Waals surface area contributed by atoms with Gasteiger partial charge < -0.3 is 19.9 Å². The maximum atomic E-state index is 12.8. The number of benzene rings is 1. The number of morpholine rings is 1. The number of carbonyl (C=O) groups excluding carboxylic acids is 2. The first-order valence-corrected chi connectivity index (χ1v) is 10.7. The summed E-state index contributed by atoms with van der Waals surface area (Å²) in [7, 11) is 0. The van der Waals surface area contributed by atoms with Gasteiger partial charge in [0.15, 0.2) is 5.78 Å². The fraction of sp³-hybridized carbons (Fsp3) is 0.458. The minimum absolute atomic E-state index is 0.0464. The van der Waals surface area contributed by atoms with Gasteiger partial charge in [0.1, 0.15) is 5.56 Å². The summed E-state index contributed by atoms with van der Waals surface area (Å²) in [5.41, 5.74) is 1.97. The normalized spacial score (nSPS) is 22.7. The molecule has 31 heavy (non-hydrogen) atoms. The van der Waals surface area contributed by atoms with Crippen LogP contribution in [0.2, 0.25) is 0 Å². The highest BCUT2D eigenvalue weighted by atomic mass is 16.5. The zero-order chi connectivity index (χ0) is 22.3. The molecule has 4 rings (SSSR count). The molecule has 1 amide bonds. The lowest BCUT2D eigenvalue weighted by Gasteiger charge is -2.36. The topological polar surface area (TPSA) is 91.5 Å². The molecule has 2 aliphatic rings. The summed E-state index contributed by atoms with van der Waals surface area (Å²) >= 11 is 0. The van der Waals surface area contributed by atoms with Gasteiger partial charge in [0.25, 0.3) is 11.5 Å². The van der Waals surface area contributed by atoms with E-state index in [2.05, 4.69) is 29.0 Å². The molecule has 7 nitrogen and oxygen atoms in total. The number of anilines is 2. The van der Waals surface area contributed by atoms with Crippen LogP contribution in [-0.4, -0.2) is 42.0 Å². The van der Waals surface area contributed by atoms with E-state index in [1.807, 2.05) is 38.1 Å². The van der Waals surface area contributed by atoms with Gasteiger partial charge >= 0.3 is 0 Å². The molecule has 2 heterocycles. The second kappa shape index (κ2) is 7.96. The monoisotopic (exact) mass is 423 g/mol. The first-order valence-electron chi connectivity index (χ1n) is 10.7. The van der Waals surface area contributed by atoms with Crippen molar-refractivity contribution in [3.05, 3.63) is 57.5 Å². The number of fused-ring (bicyclic) bond motifs is 1.